The number of benzene rings is 4. The summed E-state index contributed by atoms with van der Waals surface area (Å²) in [6.45, 7) is 8.45. The molecular weight excluding hydrogens is 764 g/mol. The summed E-state index contributed by atoms with van der Waals surface area (Å²) in [4.78, 5) is 4.75. The number of pyridine rings is 1. The van der Waals surface area contributed by atoms with Gasteiger partial charge in [0.2, 0.25) is 0 Å². The van der Waals surface area contributed by atoms with Gasteiger partial charge in [0.15, 0.2) is 0 Å². The van der Waals surface area contributed by atoms with E-state index in [2.05, 4.69) is 85.0 Å². The van der Waals surface area contributed by atoms with Gasteiger partial charge in [0.1, 0.15) is 5.82 Å². The fraction of sp³-hybridized carbons (Fsp3) is 0.128. The number of hydrogen-bond acceptors (Lipinski definition) is 5. The van der Waals surface area contributed by atoms with Gasteiger partial charge < -0.3 is 9.30 Å². The fourth-order valence-corrected chi connectivity index (χ4v) is 5.78. The van der Waals surface area contributed by atoms with Crippen molar-refractivity contribution in [2.24, 2.45) is 0 Å². The Hall–Kier alpha value is -5.49. The van der Waals surface area contributed by atoms with E-state index in [4.69, 9.17) is 9.72 Å². The van der Waals surface area contributed by atoms with Crippen molar-refractivity contribution in [2.75, 3.05) is 0 Å². The summed E-state index contributed by atoms with van der Waals surface area (Å²) in [5.41, 5.74) is 6.67. The van der Waals surface area contributed by atoms with Gasteiger partial charge in [-0.25, -0.2) is 4.98 Å². The molecule has 0 aliphatic rings. The van der Waals surface area contributed by atoms with Gasteiger partial charge >= 0.3 is 21.1 Å². The van der Waals surface area contributed by atoms with E-state index in [1.54, 1.807) is 29.2 Å². The summed E-state index contributed by atoms with van der Waals surface area (Å²) in [5.74, 6) is 1.85. The Morgan fingerprint density at radius 1 is 0.830 bits per heavy atom. The van der Waals surface area contributed by atoms with Crippen LogP contribution >= 0.6 is 0 Å². The third kappa shape index (κ3) is 5.83. The van der Waals surface area contributed by atoms with Crippen LogP contribution in [0.25, 0.3) is 44.4 Å². The molecule has 3 aromatic heterocycles. The van der Waals surface area contributed by atoms with Crippen molar-refractivity contribution in [3.8, 4) is 46.3 Å². The molecule has 0 amide bonds. The van der Waals surface area contributed by atoms with E-state index in [1.165, 1.54) is 5.56 Å². The molecular formula is C39H28N6OPt. The molecule has 0 spiro atoms. The number of nitrogens with zero attached hydrogens (tertiary/aromatic N) is 6. The van der Waals surface area contributed by atoms with Crippen molar-refractivity contribution in [1.29, 1.82) is 10.5 Å². The molecule has 47 heavy (non-hydrogen) atoms. The monoisotopic (exact) mass is 791 g/mol. The molecule has 0 radical (unpaired) electrons. The zero-order valence-corrected chi connectivity index (χ0v) is 28.4. The molecule has 7 rings (SSSR count). The third-order valence-corrected chi connectivity index (χ3v) is 8.01. The minimum atomic E-state index is -0.0270. The van der Waals surface area contributed by atoms with Crippen LogP contribution < -0.4 is 4.74 Å². The maximum Gasteiger partial charge on any atom is 2.00 e. The Kier molecular flexibility index (Phi) is 8.28. The first-order chi connectivity index (χ1) is 22.2. The maximum absolute atomic E-state index is 9.74. The number of ether oxygens (including phenoxy) is 1. The van der Waals surface area contributed by atoms with Crippen molar-refractivity contribution in [3.05, 3.63) is 132 Å². The van der Waals surface area contributed by atoms with E-state index in [0.717, 1.165) is 33.2 Å². The topological polar surface area (TPSA) is 92.4 Å². The molecule has 7 aromatic rings. The van der Waals surface area contributed by atoms with E-state index in [1.807, 2.05) is 49.5 Å². The van der Waals surface area contributed by atoms with Crippen LogP contribution in [0, 0.1) is 41.7 Å². The van der Waals surface area contributed by atoms with Crippen molar-refractivity contribution in [1.82, 2.24) is 19.3 Å². The Bertz CT molecular complexity index is 2350. The van der Waals surface area contributed by atoms with Gasteiger partial charge in [-0.2, -0.15) is 27.8 Å². The summed E-state index contributed by atoms with van der Waals surface area (Å²) >= 11 is 0. The Morgan fingerprint density at radius 2 is 1.57 bits per heavy atom. The average molecular weight is 792 g/mol. The number of rotatable bonds is 5. The summed E-state index contributed by atoms with van der Waals surface area (Å²) in [7, 11) is 0. The molecule has 0 fully saturated rings. The van der Waals surface area contributed by atoms with Gasteiger partial charge in [-0.3, -0.25) is 4.68 Å². The predicted molar refractivity (Wildman–Crippen MR) is 178 cm³/mol. The molecule has 230 valence electrons. The molecule has 4 aromatic carbocycles. The van der Waals surface area contributed by atoms with Crippen LogP contribution in [0.3, 0.4) is 0 Å². The summed E-state index contributed by atoms with van der Waals surface area (Å²) in [6.07, 6.45) is 5.30. The molecule has 0 aliphatic carbocycles. The molecule has 3 heterocycles. The smallest absolute Gasteiger partial charge is 0.509 e. The van der Waals surface area contributed by atoms with Crippen LogP contribution in [0.1, 0.15) is 43.0 Å². The number of nitriles is 2. The first-order valence-electron chi connectivity index (χ1n) is 14.9. The van der Waals surface area contributed by atoms with Crippen LogP contribution in [0.15, 0.2) is 97.5 Å². The van der Waals surface area contributed by atoms with Crippen molar-refractivity contribution >= 4 is 21.8 Å². The molecule has 0 saturated carbocycles. The van der Waals surface area contributed by atoms with E-state index < -0.39 is 0 Å². The summed E-state index contributed by atoms with van der Waals surface area (Å²) < 4.78 is 10.1. The Balaban J connectivity index is 0.00000386. The Labute approximate surface area is 287 Å². The van der Waals surface area contributed by atoms with Crippen LogP contribution in [0.4, 0.5) is 0 Å². The number of para-hydroxylation sites is 1. The first-order valence-corrected chi connectivity index (χ1v) is 14.9. The largest absolute Gasteiger partial charge is 2.00 e. The van der Waals surface area contributed by atoms with Crippen LogP contribution in [0.2, 0.25) is 0 Å². The molecule has 0 unspecified atom stereocenters. The standard InChI is InChI=1S/C39H28N6O.Pt/c1-25-16-26(21-40)38(27(17-25)22-41)28-23-43-44(24-28)30-8-7-9-31(19-30)46-32-12-13-34-33-10-5-6-11-35(33)45(36(34)20-32)37-18-29(14-15-42-37)39(2,3)4;/h5-18,23-24H,1-4H3;/q-2;+2. The van der Waals surface area contributed by atoms with E-state index in [-0.39, 0.29) is 26.5 Å². The number of aryl methyl sites for hydroxylation is 1. The molecule has 0 aliphatic heterocycles. The molecule has 7 nitrogen and oxygen atoms in total. The molecule has 8 heteroatoms. The second kappa shape index (κ2) is 12.4. The molecule has 0 atom stereocenters. The van der Waals surface area contributed by atoms with Gasteiger partial charge in [-0.1, -0.05) is 44.5 Å². The molecule has 0 saturated heterocycles. The zero-order valence-electron chi connectivity index (χ0n) is 26.1. The van der Waals surface area contributed by atoms with Gasteiger partial charge in [0, 0.05) is 40.5 Å². The molecule has 0 N–H and O–H groups in total. The van der Waals surface area contributed by atoms with Crippen LogP contribution in [-0.4, -0.2) is 19.3 Å². The number of fused-ring (bicyclic) bond motifs is 3. The third-order valence-electron chi connectivity index (χ3n) is 8.01. The van der Waals surface area contributed by atoms with Crippen molar-refractivity contribution < 1.29 is 25.8 Å². The SMILES string of the molecule is Cc1cc(C#N)c(-c2cnn(-c3[c-]c(Oc4[c-]c5c(cc4)c4ccccc4n5-c4cc(C(C)(C)C)ccn4)ccc3)c2)c(C#N)c1.[Pt+2]. The minimum Gasteiger partial charge on any atom is -0.509 e. The van der Waals surface area contributed by atoms with Crippen molar-refractivity contribution in [3.63, 3.8) is 0 Å². The average Bonchev–Trinajstić information content (AvgIpc) is 3.67. The van der Waals surface area contributed by atoms with Crippen LogP contribution in [0.5, 0.6) is 11.5 Å². The van der Waals surface area contributed by atoms with Gasteiger partial charge in [-0.05, 0) is 64.9 Å². The summed E-state index contributed by atoms with van der Waals surface area (Å²) in [6, 6.07) is 36.8. The zero-order chi connectivity index (χ0) is 32.0. The van der Waals surface area contributed by atoms with Gasteiger partial charge in [-0.15, -0.1) is 35.7 Å². The predicted octanol–water partition coefficient (Wildman–Crippen LogP) is 8.77. The van der Waals surface area contributed by atoms with E-state index in [0.29, 0.717) is 39.4 Å². The molecule has 0 bridgehead atoms. The Morgan fingerprint density at radius 3 is 2.32 bits per heavy atom. The minimum absolute atomic E-state index is 0. The first kappa shape index (κ1) is 31.5. The quantitative estimate of drug-likeness (QED) is 0.163. The van der Waals surface area contributed by atoms with Gasteiger partial charge in [0.25, 0.3) is 0 Å². The maximum atomic E-state index is 9.74. The van der Waals surface area contributed by atoms with Crippen molar-refractivity contribution in [2.45, 2.75) is 33.1 Å². The van der Waals surface area contributed by atoms with Crippen LogP contribution in [-0.2, 0) is 26.5 Å². The number of aromatic nitrogens is 4. The summed E-state index contributed by atoms with van der Waals surface area (Å²) in [5, 5.41) is 26.2. The normalized spacial score (nSPS) is 11.2. The van der Waals surface area contributed by atoms with Gasteiger partial charge in [0.05, 0.1) is 29.5 Å². The van der Waals surface area contributed by atoms with E-state index in [9.17, 15) is 10.5 Å². The second-order valence-corrected chi connectivity index (χ2v) is 12.2. The fourth-order valence-electron chi connectivity index (χ4n) is 5.78. The second-order valence-electron chi connectivity index (χ2n) is 12.2. The van der Waals surface area contributed by atoms with E-state index >= 15 is 0 Å². The number of hydrogen-bond donors (Lipinski definition) is 0.